The van der Waals surface area contributed by atoms with Gasteiger partial charge in [-0.3, -0.25) is 0 Å². The Morgan fingerprint density at radius 2 is 2.38 bits per heavy atom. The Hall–Kier alpha value is -0.540. The van der Waals surface area contributed by atoms with Gasteiger partial charge in [-0.2, -0.15) is 11.8 Å². The van der Waals surface area contributed by atoms with Crippen LogP contribution in [0.4, 0.5) is 4.39 Å². The van der Waals surface area contributed by atoms with E-state index in [2.05, 4.69) is 18.3 Å². The molecule has 88 valence electrons. The molecule has 0 saturated carbocycles. The van der Waals surface area contributed by atoms with E-state index >= 15 is 0 Å². The zero-order valence-corrected chi connectivity index (χ0v) is 10.4. The van der Waals surface area contributed by atoms with Crippen LogP contribution in [0.2, 0.25) is 0 Å². The van der Waals surface area contributed by atoms with E-state index in [1.54, 1.807) is 6.07 Å². The molecule has 1 unspecified atom stereocenters. The molecule has 1 N–H and O–H groups in total. The number of hydrogen-bond acceptors (Lipinski definition) is 2. The predicted molar refractivity (Wildman–Crippen MR) is 68.2 cm³/mol. The van der Waals surface area contributed by atoms with E-state index in [9.17, 15) is 4.39 Å². The van der Waals surface area contributed by atoms with Gasteiger partial charge in [0.1, 0.15) is 5.82 Å². The van der Waals surface area contributed by atoms with Crippen molar-refractivity contribution >= 4 is 11.8 Å². The van der Waals surface area contributed by atoms with Crippen LogP contribution < -0.4 is 5.32 Å². The lowest BCUT2D eigenvalue weighted by molar-refractivity contribution is 0.515. The highest BCUT2D eigenvalue weighted by Gasteiger charge is 2.20. The first-order valence-electron chi connectivity index (χ1n) is 5.91. The topological polar surface area (TPSA) is 12.0 Å². The van der Waals surface area contributed by atoms with Crippen LogP contribution in [-0.2, 0) is 5.75 Å². The molecule has 1 atom stereocenters. The van der Waals surface area contributed by atoms with Crippen molar-refractivity contribution in [1.29, 1.82) is 0 Å². The van der Waals surface area contributed by atoms with Gasteiger partial charge < -0.3 is 5.32 Å². The SMILES string of the molecule is CCCNC1CCSCc2c(F)cccc21. The van der Waals surface area contributed by atoms with Crippen molar-refractivity contribution in [2.75, 3.05) is 12.3 Å². The summed E-state index contributed by atoms with van der Waals surface area (Å²) in [5, 5.41) is 3.51. The van der Waals surface area contributed by atoms with E-state index in [1.165, 1.54) is 5.56 Å². The summed E-state index contributed by atoms with van der Waals surface area (Å²) in [4.78, 5) is 0. The Bertz CT molecular complexity index is 354. The van der Waals surface area contributed by atoms with Gasteiger partial charge in [0.15, 0.2) is 0 Å². The minimum Gasteiger partial charge on any atom is -0.310 e. The Balaban J connectivity index is 2.26. The molecule has 0 radical (unpaired) electrons. The standard InChI is InChI=1S/C13H18FNS/c1-2-7-15-13-6-8-16-9-11-10(13)4-3-5-12(11)14/h3-5,13,15H,2,6-9H2,1H3. The molecule has 1 aliphatic heterocycles. The molecule has 0 aliphatic carbocycles. The molecule has 0 saturated heterocycles. The van der Waals surface area contributed by atoms with Crippen molar-refractivity contribution in [2.24, 2.45) is 0 Å². The summed E-state index contributed by atoms with van der Waals surface area (Å²) in [5.74, 6) is 1.87. The summed E-state index contributed by atoms with van der Waals surface area (Å²) in [5.41, 5.74) is 2.07. The van der Waals surface area contributed by atoms with E-state index in [0.29, 0.717) is 6.04 Å². The van der Waals surface area contributed by atoms with Gasteiger partial charge in [0.25, 0.3) is 0 Å². The van der Waals surface area contributed by atoms with E-state index < -0.39 is 0 Å². The maximum absolute atomic E-state index is 13.7. The van der Waals surface area contributed by atoms with Crippen molar-refractivity contribution in [3.8, 4) is 0 Å². The summed E-state index contributed by atoms with van der Waals surface area (Å²) < 4.78 is 13.7. The number of thioether (sulfide) groups is 1. The van der Waals surface area contributed by atoms with Gasteiger partial charge in [-0.1, -0.05) is 19.1 Å². The maximum Gasteiger partial charge on any atom is 0.127 e. The number of rotatable bonds is 3. The van der Waals surface area contributed by atoms with E-state index in [1.807, 2.05) is 17.8 Å². The highest BCUT2D eigenvalue weighted by Crippen LogP contribution is 2.31. The minimum absolute atomic E-state index is 0.0461. The van der Waals surface area contributed by atoms with Crippen LogP contribution in [0.5, 0.6) is 0 Å². The molecule has 1 aromatic carbocycles. The van der Waals surface area contributed by atoms with Crippen LogP contribution in [-0.4, -0.2) is 12.3 Å². The van der Waals surface area contributed by atoms with Gasteiger partial charge in [0.05, 0.1) is 0 Å². The second kappa shape index (κ2) is 5.69. The monoisotopic (exact) mass is 239 g/mol. The van der Waals surface area contributed by atoms with Crippen molar-refractivity contribution < 1.29 is 4.39 Å². The predicted octanol–water partition coefficient (Wildman–Crippen LogP) is 3.50. The van der Waals surface area contributed by atoms with Crippen LogP contribution in [0.15, 0.2) is 18.2 Å². The van der Waals surface area contributed by atoms with Crippen LogP contribution >= 0.6 is 11.8 Å². The number of fused-ring (bicyclic) bond motifs is 1. The normalized spacial score (nSPS) is 20.2. The summed E-state index contributed by atoms with van der Waals surface area (Å²) in [7, 11) is 0. The van der Waals surface area contributed by atoms with E-state index in [-0.39, 0.29) is 5.82 Å². The fourth-order valence-corrected chi connectivity index (χ4v) is 3.17. The van der Waals surface area contributed by atoms with Crippen LogP contribution in [0.1, 0.15) is 36.9 Å². The average molecular weight is 239 g/mol. The highest BCUT2D eigenvalue weighted by atomic mass is 32.2. The van der Waals surface area contributed by atoms with Gasteiger partial charge in [-0.15, -0.1) is 0 Å². The van der Waals surface area contributed by atoms with Gasteiger partial charge in [-0.25, -0.2) is 4.39 Å². The first-order valence-corrected chi connectivity index (χ1v) is 7.06. The third kappa shape index (κ3) is 2.58. The van der Waals surface area contributed by atoms with E-state index in [4.69, 9.17) is 0 Å². The molecular formula is C13H18FNS. The molecule has 0 aromatic heterocycles. The fourth-order valence-electron chi connectivity index (χ4n) is 2.12. The minimum atomic E-state index is -0.0461. The maximum atomic E-state index is 13.7. The second-order valence-corrected chi connectivity index (χ2v) is 5.26. The van der Waals surface area contributed by atoms with E-state index in [0.717, 1.165) is 36.5 Å². The first kappa shape index (κ1) is 11.9. The van der Waals surface area contributed by atoms with Crippen LogP contribution in [0.25, 0.3) is 0 Å². The van der Waals surface area contributed by atoms with Crippen molar-refractivity contribution in [2.45, 2.75) is 31.6 Å². The molecule has 1 aliphatic rings. The first-order chi connectivity index (χ1) is 7.83. The zero-order valence-electron chi connectivity index (χ0n) is 9.63. The van der Waals surface area contributed by atoms with Gasteiger partial charge in [0, 0.05) is 17.4 Å². The summed E-state index contributed by atoms with van der Waals surface area (Å²) >= 11 is 1.83. The molecule has 1 aromatic rings. The molecule has 1 heterocycles. The Morgan fingerprint density at radius 3 is 3.19 bits per heavy atom. The molecule has 0 amide bonds. The largest absolute Gasteiger partial charge is 0.310 e. The summed E-state index contributed by atoms with van der Waals surface area (Å²) in [6.45, 7) is 3.16. The number of benzene rings is 1. The summed E-state index contributed by atoms with van der Waals surface area (Å²) in [6, 6.07) is 5.80. The van der Waals surface area contributed by atoms with Gasteiger partial charge in [0.2, 0.25) is 0 Å². The highest BCUT2D eigenvalue weighted by molar-refractivity contribution is 7.98. The van der Waals surface area contributed by atoms with Crippen LogP contribution in [0, 0.1) is 5.82 Å². The molecule has 2 rings (SSSR count). The molecule has 0 fully saturated rings. The third-order valence-corrected chi connectivity index (χ3v) is 3.99. The Labute approximate surface area is 101 Å². The fraction of sp³-hybridized carbons (Fsp3) is 0.538. The second-order valence-electron chi connectivity index (χ2n) is 4.16. The number of nitrogens with one attached hydrogen (secondary N) is 1. The average Bonchev–Trinajstić information content (AvgIpc) is 2.50. The molecular weight excluding hydrogens is 221 g/mol. The molecule has 1 nitrogen and oxygen atoms in total. The Kier molecular flexibility index (Phi) is 4.24. The third-order valence-electron chi connectivity index (χ3n) is 2.97. The lowest BCUT2D eigenvalue weighted by Gasteiger charge is -2.18. The lowest BCUT2D eigenvalue weighted by atomic mass is 9.99. The van der Waals surface area contributed by atoms with Crippen molar-refractivity contribution in [3.05, 3.63) is 35.1 Å². The van der Waals surface area contributed by atoms with Gasteiger partial charge >= 0.3 is 0 Å². The number of halogens is 1. The Morgan fingerprint density at radius 1 is 1.50 bits per heavy atom. The number of hydrogen-bond donors (Lipinski definition) is 1. The molecule has 3 heteroatoms. The van der Waals surface area contributed by atoms with Gasteiger partial charge in [-0.05, 0) is 36.8 Å². The molecule has 0 spiro atoms. The quantitative estimate of drug-likeness (QED) is 0.866. The summed E-state index contributed by atoms with van der Waals surface area (Å²) in [6.07, 6.45) is 2.22. The van der Waals surface area contributed by atoms with Crippen LogP contribution in [0.3, 0.4) is 0 Å². The molecule has 16 heavy (non-hydrogen) atoms. The smallest absolute Gasteiger partial charge is 0.127 e. The molecule has 0 bridgehead atoms. The zero-order chi connectivity index (χ0) is 11.4. The van der Waals surface area contributed by atoms with Crippen molar-refractivity contribution in [1.82, 2.24) is 5.32 Å². The lowest BCUT2D eigenvalue weighted by Crippen LogP contribution is -2.23. The van der Waals surface area contributed by atoms with Crippen molar-refractivity contribution in [3.63, 3.8) is 0 Å².